The van der Waals surface area contributed by atoms with E-state index in [1.165, 1.54) is 48.9 Å². The highest BCUT2D eigenvalue weighted by Gasteiger charge is 2.50. The average Bonchev–Trinajstić information content (AvgIpc) is 4.11. The smallest absolute Gasteiger partial charge is 0.293 e. The van der Waals surface area contributed by atoms with Crippen molar-refractivity contribution in [2.24, 2.45) is 11.3 Å². The van der Waals surface area contributed by atoms with Crippen LogP contribution in [0.1, 0.15) is 78.9 Å². The van der Waals surface area contributed by atoms with Gasteiger partial charge in [0.25, 0.3) is 21.6 Å². The number of carbonyl (C=O) groups excluding carboxylic acids is 1. The van der Waals surface area contributed by atoms with E-state index < -0.39 is 37.5 Å². The monoisotopic (exact) mass is 916 g/mol. The first-order valence-electron chi connectivity index (χ1n) is 23.4. The van der Waals surface area contributed by atoms with Gasteiger partial charge in [0.2, 0.25) is 5.88 Å². The summed E-state index contributed by atoms with van der Waals surface area (Å²) in [6.07, 6.45) is 10.0. The maximum atomic E-state index is 14.6. The molecule has 11 rings (SSSR count). The Hall–Kier alpha value is -5.75. The average molecular weight is 917 g/mol. The van der Waals surface area contributed by atoms with Crippen molar-refractivity contribution in [3.63, 3.8) is 0 Å². The highest BCUT2D eigenvalue weighted by Crippen LogP contribution is 2.54. The van der Waals surface area contributed by atoms with Crippen LogP contribution in [0.15, 0.2) is 83.9 Å². The van der Waals surface area contributed by atoms with Gasteiger partial charge >= 0.3 is 0 Å². The molecule has 3 N–H and O–H groups in total. The summed E-state index contributed by atoms with van der Waals surface area (Å²) in [5, 5.41) is 16.2. The van der Waals surface area contributed by atoms with Crippen molar-refractivity contribution in [1.29, 1.82) is 0 Å². The number of aromatic amines is 1. The Labute approximate surface area is 384 Å². The molecule has 0 radical (unpaired) electrons. The minimum Gasteiger partial charge on any atom is -0.468 e. The lowest BCUT2D eigenvalue weighted by Gasteiger charge is -2.56. The quantitative estimate of drug-likeness (QED) is 0.0870. The second-order valence-electron chi connectivity index (χ2n) is 19.2. The zero-order chi connectivity index (χ0) is 45.2. The van der Waals surface area contributed by atoms with E-state index in [1.54, 1.807) is 6.07 Å². The third-order valence-electron chi connectivity index (χ3n) is 15.3. The summed E-state index contributed by atoms with van der Waals surface area (Å²) in [5.41, 5.74) is 5.76. The van der Waals surface area contributed by atoms with Crippen LogP contribution >= 0.6 is 0 Å². The first-order valence-corrected chi connectivity index (χ1v) is 24.9. The first-order chi connectivity index (χ1) is 32.0. The summed E-state index contributed by atoms with van der Waals surface area (Å²) < 4.78 is 48.2. The molecule has 6 aliphatic rings. The van der Waals surface area contributed by atoms with Gasteiger partial charge in [-0.15, -0.1) is 0 Å². The highest BCUT2D eigenvalue weighted by molar-refractivity contribution is 7.90. The second kappa shape index (κ2) is 17.2. The topological polar surface area (TPSA) is 184 Å². The molecular formula is C49H56N8O8S. The van der Waals surface area contributed by atoms with Crippen LogP contribution in [-0.2, 0) is 19.5 Å². The summed E-state index contributed by atoms with van der Waals surface area (Å²) in [4.78, 5) is 40.9. The maximum Gasteiger partial charge on any atom is 0.293 e. The number of fused-ring (bicyclic) bond motifs is 3. The van der Waals surface area contributed by atoms with Crippen LogP contribution in [0.25, 0.3) is 11.0 Å². The van der Waals surface area contributed by atoms with Gasteiger partial charge in [-0.2, -0.15) is 4.98 Å². The van der Waals surface area contributed by atoms with E-state index in [2.05, 4.69) is 56.0 Å². The zero-order valence-electron chi connectivity index (χ0n) is 37.1. The molecule has 7 heterocycles. The largest absolute Gasteiger partial charge is 0.468 e. The number of H-pyrrole nitrogens is 1. The number of carbonyl (C=O) groups is 1. The molecular weight excluding hydrogens is 861 g/mol. The van der Waals surface area contributed by atoms with Gasteiger partial charge in [-0.3, -0.25) is 19.8 Å². The normalized spacial score (nSPS) is 23.3. The summed E-state index contributed by atoms with van der Waals surface area (Å²) in [5.74, 6) is -0.221. The molecule has 1 saturated carbocycles. The number of nitro groups is 1. The second-order valence-corrected chi connectivity index (χ2v) is 20.9. The SMILES string of the molecule is Cc1ccccc1[C@@H]1CCCN1C1CC2(CCN(c3ccc(C(=O)NS(=O)(=O)c4ccc(NCC5CCOCC5)c([N+](=O)[O-])c4)c(N4c5cc6cc[nH]c6nc5O[C@H]5COC[C@@H]54)c3)CC2)C1. The molecule has 346 valence electrons. The molecule has 1 amide bonds. The molecule has 3 atom stereocenters. The summed E-state index contributed by atoms with van der Waals surface area (Å²) in [6, 6.07) is 22.7. The number of pyridine rings is 1. The fourth-order valence-corrected chi connectivity index (χ4v) is 12.6. The lowest BCUT2D eigenvalue weighted by atomic mass is 9.59. The molecule has 5 fully saturated rings. The van der Waals surface area contributed by atoms with Crippen LogP contribution in [0, 0.1) is 28.4 Å². The van der Waals surface area contributed by atoms with Gasteiger partial charge in [-0.05, 0) is 130 Å². The van der Waals surface area contributed by atoms with Gasteiger partial charge in [-0.1, -0.05) is 24.3 Å². The lowest BCUT2D eigenvalue weighted by molar-refractivity contribution is -0.384. The number of anilines is 4. The molecule has 5 aromatic rings. The van der Waals surface area contributed by atoms with E-state index in [9.17, 15) is 23.3 Å². The van der Waals surface area contributed by atoms with Gasteiger partial charge in [0.15, 0.2) is 0 Å². The Morgan fingerprint density at radius 1 is 0.955 bits per heavy atom. The number of sulfonamides is 1. The number of likely N-dealkylation sites (tertiary alicyclic amines) is 1. The van der Waals surface area contributed by atoms with Crippen molar-refractivity contribution in [3.8, 4) is 5.88 Å². The maximum absolute atomic E-state index is 14.6. The summed E-state index contributed by atoms with van der Waals surface area (Å²) in [6.45, 7) is 7.47. The van der Waals surface area contributed by atoms with Crippen LogP contribution in [0.3, 0.4) is 0 Å². The number of aromatic nitrogens is 2. The number of nitrogens with zero attached hydrogens (tertiary/aromatic N) is 5. The van der Waals surface area contributed by atoms with E-state index in [4.69, 9.17) is 19.2 Å². The third kappa shape index (κ3) is 7.92. The van der Waals surface area contributed by atoms with Crippen LogP contribution in [-0.4, -0.2) is 105 Å². The van der Waals surface area contributed by atoms with Crippen molar-refractivity contribution in [2.45, 2.75) is 87.4 Å². The molecule has 5 aliphatic heterocycles. The minimum absolute atomic E-state index is 0.114. The van der Waals surface area contributed by atoms with Crippen molar-refractivity contribution < 1.29 is 32.3 Å². The Kier molecular flexibility index (Phi) is 11.1. The predicted molar refractivity (Wildman–Crippen MR) is 250 cm³/mol. The van der Waals surface area contributed by atoms with Crippen LogP contribution < -0.4 is 24.6 Å². The predicted octanol–water partition coefficient (Wildman–Crippen LogP) is 7.62. The number of hydrogen-bond donors (Lipinski definition) is 3. The Morgan fingerprint density at radius 3 is 2.58 bits per heavy atom. The molecule has 0 bridgehead atoms. The number of ether oxygens (including phenoxy) is 3. The van der Waals surface area contributed by atoms with Crippen LogP contribution in [0.5, 0.6) is 5.88 Å². The number of hydrogen-bond acceptors (Lipinski definition) is 13. The lowest BCUT2D eigenvalue weighted by Crippen LogP contribution is -2.55. The molecule has 4 saturated heterocycles. The number of piperidine rings is 1. The first kappa shape index (κ1) is 42.9. The number of benzene rings is 3. The molecule has 66 heavy (non-hydrogen) atoms. The summed E-state index contributed by atoms with van der Waals surface area (Å²) in [7, 11) is -4.58. The van der Waals surface area contributed by atoms with Gasteiger partial charge in [-0.25, -0.2) is 13.1 Å². The standard InChI is InChI=1S/C49H56N8O8S/c1-31-5-2-3-6-37(31)40-7-4-18-55(40)35-26-49(27-35)15-19-54(20-16-49)34-8-10-38(41(24-34)56-43-23-33-12-17-50-46(33)52-48(43)65-45-30-64-29-44(45)56)47(58)53-66(61,62)36-9-11-39(42(25-36)57(59)60)51-28-32-13-21-63-22-14-32/h2-3,5-6,8-12,17,23-25,32,35,40,44-45,51H,4,7,13-16,18-22,26-30H2,1H3,(H,50,52)(H,53,58)/t40-,44-,45-/m0/s1. The summed E-state index contributed by atoms with van der Waals surface area (Å²) >= 11 is 0. The Balaban J connectivity index is 0.871. The number of nitro benzene ring substituents is 1. The van der Waals surface area contributed by atoms with Crippen molar-refractivity contribution >= 4 is 55.4 Å². The van der Waals surface area contributed by atoms with E-state index in [-0.39, 0.29) is 23.2 Å². The van der Waals surface area contributed by atoms with Crippen molar-refractivity contribution in [3.05, 3.63) is 106 Å². The van der Waals surface area contributed by atoms with E-state index in [0.717, 1.165) is 62.5 Å². The molecule has 1 aliphatic carbocycles. The highest BCUT2D eigenvalue weighted by atomic mass is 32.2. The fourth-order valence-electron chi connectivity index (χ4n) is 11.6. The molecule has 1 spiro atoms. The van der Waals surface area contributed by atoms with E-state index >= 15 is 0 Å². The fraction of sp³-hybridized carbons (Fsp3) is 0.469. The van der Waals surface area contributed by atoms with Gasteiger partial charge in [0.05, 0.1) is 40.3 Å². The molecule has 16 nitrogen and oxygen atoms in total. The molecule has 2 aromatic heterocycles. The van der Waals surface area contributed by atoms with Gasteiger partial charge in [0.1, 0.15) is 23.1 Å². The number of nitrogens with one attached hydrogen (secondary N) is 3. The number of aryl methyl sites for hydroxylation is 1. The molecule has 17 heteroatoms. The van der Waals surface area contributed by atoms with Gasteiger partial charge < -0.3 is 34.3 Å². The number of amides is 1. The Morgan fingerprint density at radius 2 is 1.77 bits per heavy atom. The number of rotatable bonds is 11. The van der Waals surface area contributed by atoms with Crippen molar-refractivity contribution in [1.82, 2.24) is 19.6 Å². The van der Waals surface area contributed by atoms with E-state index in [1.807, 2.05) is 35.4 Å². The zero-order valence-corrected chi connectivity index (χ0v) is 37.9. The van der Waals surface area contributed by atoms with Gasteiger partial charge in [0, 0.05) is 68.3 Å². The minimum atomic E-state index is -4.58. The molecule has 3 aromatic carbocycles. The van der Waals surface area contributed by atoms with Crippen LogP contribution in [0.4, 0.5) is 28.4 Å². The Bertz CT molecular complexity index is 2780. The van der Waals surface area contributed by atoms with E-state index in [0.29, 0.717) is 73.4 Å². The third-order valence-corrected chi connectivity index (χ3v) is 16.6. The van der Waals surface area contributed by atoms with Crippen LogP contribution in [0.2, 0.25) is 0 Å². The van der Waals surface area contributed by atoms with Crippen molar-refractivity contribution in [2.75, 3.05) is 67.7 Å². The molecule has 0 unspecified atom stereocenters.